The molecule has 1 aliphatic rings. The molecule has 1 unspecified atom stereocenters. The Morgan fingerprint density at radius 2 is 2.15 bits per heavy atom. The fourth-order valence-corrected chi connectivity index (χ4v) is 2.42. The highest BCUT2D eigenvalue weighted by Gasteiger charge is 2.33. The first kappa shape index (κ1) is 13.1. The Morgan fingerprint density at radius 3 is 2.75 bits per heavy atom. The molecule has 1 atom stereocenters. The number of halogens is 1. The van der Waals surface area contributed by atoms with Crippen molar-refractivity contribution in [3.63, 3.8) is 0 Å². The summed E-state index contributed by atoms with van der Waals surface area (Å²) in [7, 11) is 0. The Balaban J connectivity index is 1.66. The molecule has 5 nitrogen and oxygen atoms in total. The van der Waals surface area contributed by atoms with Gasteiger partial charge in [0.2, 0.25) is 11.2 Å². The van der Waals surface area contributed by atoms with Gasteiger partial charge in [-0.05, 0) is 35.9 Å². The van der Waals surface area contributed by atoms with E-state index >= 15 is 0 Å². The quantitative estimate of drug-likeness (QED) is 0.918. The first-order chi connectivity index (χ1) is 9.72. The number of aromatic nitrogens is 3. The second-order valence-corrected chi connectivity index (χ2v) is 5.34. The fourth-order valence-electron chi connectivity index (χ4n) is 2.28. The van der Waals surface area contributed by atoms with Crippen molar-refractivity contribution in [2.45, 2.75) is 25.4 Å². The van der Waals surface area contributed by atoms with Crippen LogP contribution in [0.3, 0.4) is 0 Å². The number of carbonyl (C=O) groups is 1. The van der Waals surface area contributed by atoms with E-state index in [0.717, 1.165) is 18.4 Å². The van der Waals surface area contributed by atoms with E-state index < -0.39 is 0 Å². The summed E-state index contributed by atoms with van der Waals surface area (Å²) in [5.41, 5.74) is 1.15. The van der Waals surface area contributed by atoms with Gasteiger partial charge in [-0.1, -0.05) is 30.3 Å². The maximum atomic E-state index is 12.1. The summed E-state index contributed by atoms with van der Waals surface area (Å²) in [5.74, 6) is 0.466. The summed E-state index contributed by atoms with van der Waals surface area (Å²) in [5, 5.41) is 7.14. The van der Waals surface area contributed by atoms with Crippen molar-refractivity contribution < 1.29 is 4.79 Å². The van der Waals surface area contributed by atoms with Crippen LogP contribution in [0.1, 0.15) is 24.4 Å². The van der Waals surface area contributed by atoms with Gasteiger partial charge in [-0.2, -0.15) is 0 Å². The molecule has 0 radical (unpaired) electrons. The van der Waals surface area contributed by atoms with Crippen LogP contribution in [0.15, 0.2) is 36.7 Å². The number of hydrogen-bond acceptors (Lipinski definition) is 3. The zero-order valence-corrected chi connectivity index (χ0v) is 11.6. The first-order valence-corrected chi connectivity index (χ1v) is 6.99. The van der Waals surface area contributed by atoms with E-state index in [1.165, 1.54) is 11.0 Å². The Hall–Kier alpha value is -1.88. The summed E-state index contributed by atoms with van der Waals surface area (Å²) in [4.78, 5) is 15.9. The molecule has 1 amide bonds. The summed E-state index contributed by atoms with van der Waals surface area (Å²) >= 11 is 5.63. The second kappa shape index (κ2) is 5.63. The summed E-state index contributed by atoms with van der Waals surface area (Å²) in [6, 6.07) is 10.2. The van der Waals surface area contributed by atoms with E-state index in [1.54, 1.807) is 0 Å². The van der Waals surface area contributed by atoms with Crippen LogP contribution in [0.5, 0.6) is 0 Å². The molecule has 0 bridgehead atoms. The van der Waals surface area contributed by atoms with Crippen molar-refractivity contribution in [3.8, 4) is 0 Å². The first-order valence-electron chi connectivity index (χ1n) is 6.61. The largest absolute Gasteiger partial charge is 0.347 e. The van der Waals surface area contributed by atoms with E-state index in [1.807, 2.05) is 18.2 Å². The van der Waals surface area contributed by atoms with Crippen molar-refractivity contribution in [3.05, 3.63) is 47.5 Å². The number of benzene rings is 1. The van der Waals surface area contributed by atoms with Gasteiger partial charge < -0.3 is 5.32 Å². The minimum Gasteiger partial charge on any atom is -0.347 e. The minimum atomic E-state index is -0.0766. The Morgan fingerprint density at radius 1 is 1.40 bits per heavy atom. The zero-order chi connectivity index (χ0) is 13.9. The molecule has 1 aromatic heterocycles. The minimum absolute atomic E-state index is 0.0766. The van der Waals surface area contributed by atoms with Crippen molar-refractivity contribution in [1.82, 2.24) is 20.1 Å². The van der Waals surface area contributed by atoms with Gasteiger partial charge >= 0.3 is 0 Å². The molecular weight excluding hydrogens is 276 g/mol. The molecule has 0 spiro atoms. The lowest BCUT2D eigenvalue weighted by atomic mass is 10.0. The Kier molecular flexibility index (Phi) is 3.69. The van der Waals surface area contributed by atoms with Crippen LogP contribution >= 0.6 is 11.6 Å². The van der Waals surface area contributed by atoms with Gasteiger partial charge in [0.15, 0.2) is 0 Å². The third kappa shape index (κ3) is 3.17. The maximum absolute atomic E-state index is 12.1. The van der Waals surface area contributed by atoms with Crippen LogP contribution in [-0.2, 0) is 11.3 Å². The molecule has 1 aliphatic carbocycles. The van der Waals surface area contributed by atoms with Crippen molar-refractivity contribution >= 4 is 17.5 Å². The highest BCUT2D eigenvalue weighted by molar-refractivity contribution is 6.28. The van der Waals surface area contributed by atoms with Gasteiger partial charge in [0, 0.05) is 0 Å². The monoisotopic (exact) mass is 290 g/mol. The van der Waals surface area contributed by atoms with Crippen LogP contribution < -0.4 is 5.32 Å². The second-order valence-electron chi connectivity index (χ2n) is 5.00. The van der Waals surface area contributed by atoms with Crippen molar-refractivity contribution in [2.24, 2.45) is 5.92 Å². The lowest BCUT2D eigenvalue weighted by Crippen LogP contribution is -2.32. The van der Waals surface area contributed by atoms with E-state index in [9.17, 15) is 4.79 Å². The smallest absolute Gasteiger partial charge is 0.242 e. The number of rotatable bonds is 5. The SMILES string of the molecule is O=C(Cn1cnc(Cl)n1)NC(c1ccccc1)C1CC1. The molecular formula is C14H15ClN4O. The summed E-state index contributed by atoms with van der Waals surface area (Å²) in [6.45, 7) is 0.135. The van der Waals surface area contributed by atoms with Gasteiger partial charge in [0.25, 0.3) is 0 Å². The van der Waals surface area contributed by atoms with E-state index in [-0.39, 0.29) is 23.8 Å². The molecule has 0 saturated heterocycles. The van der Waals surface area contributed by atoms with Crippen LogP contribution in [0.4, 0.5) is 0 Å². The van der Waals surface area contributed by atoms with E-state index in [2.05, 4.69) is 27.5 Å². The number of nitrogens with zero attached hydrogens (tertiary/aromatic N) is 3. The lowest BCUT2D eigenvalue weighted by molar-refractivity contribution is -0.122. The summed E-state index contributed by atoms with van der Waals surface area (Å²) in [6.07, 6.45) is 3.78. The Labute approximate surface area is 122 Å². The molecule has 6 heteroatoms. The molecule has 0 aliphatic heterocycles. The van der Waals surface area contributed by atoms with Gasteiger partial charge in [-0.15, -0.1) is 5.10 Å². The third-order valence-electron chi connectivity index (χ3n) is 3.38. The highest BCUT2D eigenvalue weighted by atomic mass is 35.5. The van der Waals surface area contributed by atoms with Crippen LogP contribution in [0.25, 0.3) is 0 Å². The third-order valence-corrected chi connectivity index (χ3v) is 3.56. The Bertz CT molecular complexity index is 594. The average molecular weight is 291 g/mol. The highest BCUT2D eigenvalue weighted by Crippen LogP contribution is 2.40. The van der Waals surface area contributed by atoms with Crippen LogP contribution in [0, 0.1) is 5.92 Å². The van der Waals surface area contributed by atoms with Crippen molar-refractivity contribution in [1.29, 1.82) is 0 Å². The number of hydrogen-bond donors (Lipinski definition) is 1. The van der Waals surface area contributed by atoms with E-state index in [0.29, 0.717) is 5.92 Å². The predicted octanol–water partition coefficient (Wildman–Crippen LogP) is 2.20. The van der Waals surface area contributed by atoms with Gasteiger partial charge in [-0.25, -0.2) is 9.67 Å². The van der Waals surface area contributed by atoms with Gasteiger partial charge in [0.05, 0.1) is 6.04 Å². The maximum Gasteiger partial charge on any atom is 0.242 e. The zero-order valence-electron chi connectivity index (χ0n) is 10.9. The molecule has 20 heavy (non-hydrogen) atoms. The molecule has 2 aromatic rings. The van der Waals surface area contributed by atoms with Gasteiger partial charge in [0.1, 0.15) is 12.9 Å². The normalized spacial score (nSPS) is 15.8. The number of carbonyl (C=O) groups excluding carboxylic acids is 1. The molecule has 1 heterocycles. The van der Waals surface area contributed by atoms with Crippen LogP contribution in [-0.4, -0.2) is 20.7 Å². The van der Waals surface area contributed by atoms with Crippen LogP contribution in [0.2, 0.25) is 5.28 Å². The van der Waals surface area contributed by atoms with Gasteiger partial charge in [-0.3, -0.25) is 4.79 Å². The molecule has 1 N–H and O–H groups in total. The summed E-state index contributed by atoms with van der Waals surface area (Å²) < 4.78 is 1.44. The van der Waals surface area contributed by atoms with E-state index in [4.69, 9.17) is 11.6 Å². The molecule has 1 saturated carbocycles. The number of nitrogens with one attached hydrogen (secondary N) is 1. The topological polar surface area (TPSA) is 59.8 Å². The average Bonchev–Trinajstić information content (AvgIpc) is 3.21. The van der Waals surface area contributed by atoms with Crippen molar-refractivity contribution in [2.75, 3.05) is 0 Å². The molecule has 1 fully saturated rings. The molecule has 104 valence electrons. The molecule has 3 rings (SSSR count). The standard InChI is InChI=1S/C14H15ClN4O/c15-14-16-9-19(18-14)8-12(20)17-13(11-6-7-11)10-4-2-1-3-5-10/h1-5,9,11,13H,6-8H2,(H,17,20). The lowest BCUT2D eigenvalue weighted by Gasteiger charge is -2.18. The molecule has 1 aromatic carbocycles. The number of amides is 1. The predicted molar refractivity (Wildman–Crippen MR) is 75.1 cm³/mol. The fraction of sp³-hybridized carbons (Fsp3) is 0.357.